The summed E-state index contributed by atoms with van der Waals surface area (Å²) in [6.45, 7) is 1.50. The number of fused-ring (bicyclic) bond motifs is 2. The summed E-state index contributed by atoms with van der Waals surface area (Å²) >= 11 is 8.16. The van der Waals surface area contributed by atoms with Crippen molar-refractivity contribution < 1.29 is 9.90 Å². The van der Waals surface area contributed by atoms with Gasteiger partial charge in [-0.3, -0.25) is 4.79 Å². The van der Waals surface area contributed by atoms with E-state index in [1.807, 2.05) is 0 Å². The van der Waals surface area contributed by atoms with Gasteiger partial charge in [-0.1, -0.05) is 36.5 Å². The Bertz CT molecular complexity index is 349. The molecule has 2 bridgehead atoms. The number of aliphatic carboxylic acids is 1. The molecule has 4 heteroatoms. The Morgan fingerprint density at radius 2 is 2.00 bits per heavy atom. The molecule has 0 aromatic heterocycles. The first-order valence-electron chi connectivity index (χ1n) is 4.54. The maximum atomic E-state index is 10.0. The highest BCUT2D eigenvalue weighted by atomic mass is 32.1. The number of carboxylic acids is 1. The molecule has 2 aliphatic carbocycles. The lowest BCUT2D eigenvalue weighted by Gasteiger charge is -2.11. The van der Waals surface area contributed by atoms with E-state index in [1.54, 1.807) is 0 Å². The van der Waals surface area contributed by atoms with Crippen LogP contribution in [0, 0.1) is 5.92 Å². The molecule has 3 rings (SSSR count). The average molecular weight is 240 g/mol. The summed E-state index contributed by atoms with van der Waals surface area (Å²) in [7, 11) is 0. The predicted molar refractivity (Wildman–Crippen MR) is 67.6 cm³/mol. The Hall–Kier alpha value is -0.870. The van der Waals surface area contributed by atoms with Crippen LogP contribution in [0.2, 0.25) is 0 Å². The standard InChI is InChI=1S/C7H6.C4H6O2S2/c1-2-6-4-7(3-1)5-6;1-2(3(5)6)4(7)8/h1-4H,5H2;2H,1H3,(H,5,6)(H,7,8). The zero-order valence-electron chi connectivity index (χ0n) is 8.30. The molecule has 0 radical (unpaired) electrons. The minimum atomic E-state index is -0.926. The van der Waals surface area contributed by atoms with Crippen LogP contribution in [-0.2, 0) is 11.2 Å². The third-order valence-electron chi connectivity index (χ3n) is 2.14. The van der Waals surface area contributed by atoms with Gasteiger partial charge in [0, 0.05) is 0 Å². The highest BCUT2D eigenvalue weighted by Gasteiger charge is 2.12. The van der Waals surface area contributed by atoms with Crippen molar-refractivity contribution in [1.29, 1.82) is 0 Å². The maximum absolute atomic E-state index is 10.0. The summed E-state index contributed by atoms with van der Waals surface area (Å²) in [5, 5.41) is 8.22. The summed E-state index contributed by atoms with van der Waals surface area (Å²) < 4.78 is 0.220. The maximum Gasteiger partial charge on any atom is 0.312 e. The molecule has 0 saturated carbocycles. The number of rotatable bonds is 2. The molecule has 0 amide bonds. The van der Waals surface area contributed by atoms with Crippen molar-refractivity contribution in [3.63, 3.8) is 0 Å². The average Bonchev–Trinajstić information content (AvgIpc) is 2.17. The lowest BCUT2D eigenvalue weighted by molar-refractivity contribution is -0.138. The molecule has 1 unspecified atom stereocenters. The van der Waals surface area contributed by atoms with Gasteiger partial charge in [0.15, 0.2) is 0 Å². The fourth-order valence-corrected chi connectivity index (χ4v) is 1.27. The van der Waals surface area contributed by atoms with Crippen LogP contribution >= 0.6 is 24.8 Å². The van der Waals surface area contributed by atoms with Crippen LogP contribution in [0.1, 0.15) is 18.1 Å². The molecular weight excluding hydrogens is 228 g/mol. The van der Waals surface area contributed by atoms with E-state index in [4.69, 9.17) is 5.11 Å². The molecule has 15 heavy (non-hydrogen) atoms. The summed E-state index contributed by atoms with van der Waals surface area (Å²) in [5.74, 6) is -1.54. The molecule has 1 aromatic rings. The quantitative estimate of drug-likeness (QED) is 0.626. The second-order valence-corrected chi connectivity index (χ2v) is 4.62. The van der Waals surface area contributed by atoms with Crippen molar-refractivity contribution >= 4 is 35.0 Å². The van der Waals surface area contributed by atoms with Gasteiger partial charge in [0.2, 0.25) is 0 Å². The number of thiocarbonyl (C=S) groups is 1. The van der Waals surface area contributed by atoms with Gasteiger partial charge in [0.1, 0.15) is 0 Å². The Morgan fingerprint density at radius 3 is 2.07 bits per heavy atom. The summed E-state index contributed by atoms with van der Waals surface area (Å²) in [6, 6.07) is 8.65. The molecule has 0 spiro atoms. The van der Waals surface area contributed by atoms with Crippen LogP contribution in [0.5, 0.6) is 0 Å². The Kier molecular flexibility index (Phi) is 4.29. The summed E-state index contributed by atoms with van der Waals surface area (Å²) in [5.41, 5.74) is 2.97. The van der Waals surface area contributed by atoms with Gasteiger partial charge in [-0.15, -0.1) is 12.6 Å². The predicted octanol–water partition coefficient (Wildman–Crippen LogP) is 2.56. The van der Waals surface area contributed by atoms with E-state index in [9.17, 15) is 4.79 Å². The number of benzene rings is 1. The van der Waals surface area contributed by atoms with E-state index < -0.39 is 11.9 Å². The molecular formula is C11H12O2S2. The number of thiol groups is 1. The summed E-state index contributed by atoms with van der Waals surface area (Å²) in [4.78, 5) is 10.0. The van der Waals surface area contributed by atoms with Gasteiger partial charge < -0.3 is 5.11 Å². The van der Waals surface area contributed by atoms with Crippen LogP contribution in [0.3, 0.4) is 0 Å². The van der Waals surface area contributed by atoms with E-state index in [-0.39, 0.29) is 4.20 Å². The van der Waals surface area contributed by atoms with Crippen molar-refractivity contribution in [3.8, 4) is 0 Å². The second-order valence-electron chi connectivity index (χ2n) is 3.39. The van der Waals surface area contributed by atoms with Crippen molar-refractivity contribution in [2.24, 2.45) is 5.92 Å². The highest BCUT2D eigenvalue weighted by Crippen LogP contribution is 2.18. The van der Waals surface area contributed by atoms with Crippen molar-refractivity contribution in [1.82, 2.24) is 0 Å². The normalized spacial score (nSPS) is 12.9. The van der Waals surface area contributed by atoms with E-state index in [0.717, 1.165) is 0 Å². The third kappa shape index (κ3) is 3.64. The largest absolute Gasteiger partial charge is 0.481 e. The number of hydrogen-bond acceptors (Lipinski definition) is 2. The van der Waals surface area contributed by atoms with Gasteiger partial charge in [0.25, 0.3) is 0 Å². The van der Waals surface area contributed by atoms with Gasteiger partial charge in [0.05, 0.1) is 10.1 Å². The molecule has 2 nitrogen and oxygen atoms in total. The van der Waals surface area contributed by atoms with Crippen LogP contribution in [0.4, 0.5) is 0 Å². The second kappa shape index (κ2) is 5.28. The number of carboxylic acid groups (broad SMARTS) is 1. The lowest BCUT2D eigenvalue weighted by atomic mass is 9.94. The van der Waals surface area contributed by atoms with E-state index in [0.29, 0.717) is 0 Å². The Morgan fingerprint density at radius 1 is 1.53 bits per heavy atom. The van der Waals surface area contributed by atoms with Crippen molar-refractivity contribution in [2.45, 2.75) is 13.3 Å². The van der Waals surface area contributed by atoms with Gasteiger partial charge in [-0.25, -0.2) is 0 Å². The first kappa shape index (κ1) is 12.2. The van der Waals surface area contributed by atoms with E-state index >= 15 is 0 Å². The lowest BCUT2D eigenvalue weighted by Crippen LogP contribution is -2.14. The Labute approximate surface area is 99.7 Å². The van der Waals surface area contributed by atoms with Crippen molar-refractivity contribution in [2.75, 3.05) is 0 Å². The topological polar surface area (TPSA) is 37.3 Å². The third-order valence-corrected chi connectivity index (χ3v) is 2.88. The number of hydrogen-bond donors (Lipinski definition) is 2. The molecule has 0 heterocycles. The molecule has 1 atom stereocenters. The fraction of sp³-hybridized carbons (Fsp3) is 0.273. The molecule has 0 aliphatic heterocycles. The number of carbonyl (C=O) groups is 1. The first-order valence-corrected chi connectivity index (χ1v) is 5.39. The smallest absolute Gasteiger partial charge is 0.312 e. The zero-order chi connectivity index (χ0) is 11.4. The summed E-state index contributed by atoms with van der Waals surface area (Å²) in [6.07, 6.45) is 1.22. The van der Waals surface area contributed by atoms with Gasteiger partial charge in [-0.05, 0) is 24.5 Å². The monoisotopic (exact) mass is 240 g/mol. The molecule has 0 saturated heterocycles. The zero-order valence-corrected chi connectivity index (χ0v) is 10.0. The first-order chi connectivity index (χ1) is 7.00. The molecule has 1 N–H and O–H groups in total. The van der Waals surface area contributed by atoms with Crippen LogP contribution in [-0.4, -0.2) is 15.3 Å². The van der Waals surface area contributed by atoms with Crippen molar-refractivity contribution in [3.05, 3.63) is 35.4 Å². The SMILES string of the molecule is CC(C(=O)O)C(=S)S.c1cc2cc(c1)C2. The fourth-order valence-electron chi connectivity index (χ4n) is 1.06. The minimum absolute atomic E-state index is 0.220. The molecule has 80 valence electrons. The van der Waals surface area contributed by atoms with Crippen LogP contribution in [0.25, 0.3) is 0 Å². The van der Waals surface area contributed by atoms with Crippen LogP contribution < -0.4 is 0 Å². The van der Waals surface area contributed by atoms with Gasteiger partial charge in [-0.2, -0.15) is 0 Å². The Balaban J connectivity index is 0.000000150. The minimum Gasteiger partial charge on any atom is -0.481 e. The highest BCUT2D eigenvalue weighted by molar-refractivity contribution is 8.11. The van der Waals surface area contributed by atoms with E-state index in [2.05, 4.69) is 49.1 Å². The van der Waals surface area contributed by atoms with Gasteiger partial charge >= 0.3 is 5.97 Å². The molecule has 2 aliphatic rings. The van der Waals surface area contributed by atoms with Crippen LogP contribution in [0.15, 0.2) is 24.3 Å². The molecule has 1 aromatic carbocycles. The van der Waals surface area contributed by atoms with E-state index in [1.165, 1.54) is 24.5 Å². The molecule has 0 fully saturated rings.